The Hall–Kier alpha value is -7.32. The van der Waals surface area contributed by atoms with Gasteiger partial charge in [0.1, 0.15) is 0 Å². The minimum absolute atomic E-state index is 1.25. The molecule has 286 valence electrons. The Morgan fingerprint density at radius 1 is 0.295 bits per heavy atom. The Morgan fingerprint density at radius 3 is 1.43 bits per heavy atom. The molecule has 0 bridgehead atoms. The molecule has 12 rings (SSSR count). The smallest absolute Gasteiger partial charge is 0.0623 e. The van der Waals surface area contributed by atoms with Crippen LogP contribution in [0.2, 0.25) is 0 Å². The summed E-state index contributed by atoms with van der Waals surface area (Å²) in [6.45, 7) is 4.72. The largest absolute Gasteiger partial charge is 0.180 e. The number of rotatable bonds is 6. The molecule has 61 heavy (non-hydrogen) atoms. The van der Waals surface area contributed by atoms with Crippen LogP contribution in [0.1, 0.15) is 11.1 Å². The van der Waals surface area contributed by atoms with Crippen molar-refractivity contribution < 1.29 is 0 Å². The molecular weight excluding hydrogens is 749 g/mol. The third kappa shape index (κ3) is 5.31. The van der Waals surface area contributed by atoms with Gasteiger partial charge in [-0.15, -0.1) is 0 Å². The lowest BCUT2D eigenvalue weighted by molar-refractivity contribution is 1.42. The van der Waals surface area contributed by atoms with Crippen LogP contribution in [0.25, 0.3) is 86.9 Å². The second-order valence-electron chi connectivity index (χ2n) is 16.8. The Balaban J connectivity index is 1.16. The van der Waals surface area contributed by atoms with Gasteiger partial charge in [-0.3, -0.25) is 0 Å². The third-order valence-electron chi connectivity index (χ3n) is 13.6. The Kier molecular flexibility index (Phi) is 8.10. The summed E-state index contributed by atoms with van der Waals surface area (Å²) in [4.78, 5) is 0. The van der Waals surface area contributed by atoms with E-state index >= 15 is 0 Å². The van der Waals surface area contributed by atoms with Gasteiger partial charge in [-0.1, -0.05) is 218 Å². The minimum atomic E-state index is -2.97. The summed E-state index contributed by atoms with van der Waals surface area (Å²) in [5.74, 6) is 0. The summed E-state index contributed by atoms with van der Waals surface area (Å²) in [5.41, 5.74) is 7.74. The molecule has 0 spiro atoms. The summed E-state index contributed by atoms with van der Waals surface area (Å²) >= 11 is 0. The zero-order chi connectivity index (χ0) is 40.7. The van der Waals surface area contributed by atoms with Gasteiger partial charge in [-0.05, 0) is 133 Å². The molecule has 0 atom stereocenters. The molecular formula is C60H42Si. The van der Waals surface area contributed by atoms with Crippen LogP contribution >= 0.6 is 0 Å². The molecule has 0 aromatic heterocycles. The zero-order valence-corrected chi connectivity index (χ0v) is 35.3. The Morgan fingerprint density at radius 2 is 0.787 bits per heavy atom. The maximum absolute atomic E-state index is 2.97. The normalized spacial score (nSPS) is 12.1. The van der Waals surface area contributed by atoms with Crippen molar-refractivity contribution in [3.8, 4) is 22.3 Å². The molecule has 0 amide bonds. The van der Waals surface area contributed by atoms with Crippen LogP contribution < -0.4 is 20.7 Å². The molecule has 0 heterocycles. The van der Waals surface area contributed by atoms with Gasteiger partial charge in [-0.2, -0.15) is 0 Å². The molecule has 0 unspecified atom stereocenters. The summed E-state index contributed by atoms with van der Waals surface area (Å²) in [5, 5.41) is 21.2. The molecule has 0 saturated heterocycles. The maximum atomic E-state index is 2.58. The van der Waals surface area contributed by atoms with Crippen molar-refractivity contribution in [2.75, 3.05) is 0 Å². The lowest BCUT2D eigenvalue weighted by Crippen LogP contribution is -2.75. The number of hydrogen-bond donors (Lipinski definition) is 0. The molecule has 12 aromatic carbocycles. The van der Waals surface area contributed by atoms with Crippen molar-refractivity contribution in [3.05, 3.63) is 230 Å². The first-order valence-corrected chi connectivity index (χ1v) is 23.4. The highest BCUT2D eigenvalue weighted by atomic mass is 28.3. The Labute approximate surface area is 357 Å². The highest BCUT2D eigenvalue weighted by molar-refractivity contribution is 7.21. The third-order valence-corrected chi connectivity index (χ3v) is 18.6. The number of fused-ring (bicyclic) bond motifs is 3. The van der Waals surface area contributed by atoms with E-state index in [0.717, 1.165) is 0 Å². The van der Waals surface area contributed by atoms with Crippen molar-refractivity contribution >= 4 is 93.5 Å². The van der Waals surface area contributed by atoms with E-state index < -0.39 is 8.07 Å². The van der Waals surface area contributed by atoms with Crippen LogP contribution in [0.15, 0.2) is 218 Å². The maximum Gasteiger partial charge on any atom is 0.180 e. The molecule has 12 aromatic rings. The number of aryl methyl sites for hydroxylation is 2. The lowest BCUT2D eigenvalue weighted by Gasteiger charge is -2.37. The van der Waals surface area contributed by atoms with Crippen LogP contribution in [0.4, 0.5) is 0 Å². The van der Waals surface area contributed by atoms with E-state index in [1.165, 1.54) is 119 Å². The Bertz CT molecular complexity index is 3540. The molecule has 0 aliphatic rings. The van der Waals surface area contributed by atoms with Crippen molar-refractivity contribution in [1.29, 1.82) is 0 Å². The van der Waals surface area contributed by atoms with Gasteiger partial charge in [0, 0.05) is 0 Å². The van der Waals surface area contributed by atoms with Crippen LogP contribution in [0, 0.1) is 13.8 Å². The van der Waals surface area contributed by atoms with Crippen molar-refractivity contribution in [1.82, 2.24) is 0 Å². The molecule has 0 nitrogen and oxygen atoms in total. The van der Waals surface area contributed by atoms with Gasteiger partial charge >= 0.3 is 0 Å². The second-order valence-corrected chi connectivity index (χ2v) is 20.6. The van der Waals surface area contributed by atoms with E-state index in [0.29, 0.717) is 0 Å². The van der Waals surface area contributed by atoms with Gasteiger partial charge < -0.3 is 0 Å². The highest BCUT2D eigenvalue weighted by Gasteiger charge is 2.44. The van der Waals surface area contributed by atoms with Crippen molar-refractivity contribution in [3.63, 3.8) is 0 Å². The summed E-state index contributed by atoms with van der Waals surface area (Å²) in [6, 6.07) is 82.7. The predicted molar refractivity (Wildman–Crippen MR) is 267 cm³/mol. The second kappa shape index (κ2) is 13.9. The van der Waals surface area contributed by atoms with Gasteiger partial charge in [0.05, 0.1) is 0 Å². The monoisotopic (exact) mass is 790 g/mol. The average Bonchev–Trinajstić information content (AvgIpc) is 3.32. The zero-order valence-electron chi connectivity index (χ0n) is 34.3. The van der Waals surface area contributed by atoms with E-state index in [9.17, 15) is 0 Å². The average molecular weight is 791 g/mol. The fraction of sp³-hybridized carbons (Fsp3) is 0.0333. The fourth-order valence-electron chi connectivity index (χ4n) is 10.9. The molecule has 0 aliphatic carbocycles. The minimum Gasteiger partial charge on any atom is -0.0623 e. The summed E-state index contributed by atoms with van der Waals surface area (Å²) in [6.07, 6.45) is 0. The van der Waals surface area contributed by atoms with E-state index in [1.807, 2.05) is 0 Å². The van der Waals surface area contributed by atoms with Crippen LogP contribution in [0.3, 0.4) is 0 Å². The highest BCUT2D eigenvalue weighted by Crippen LogP contribution is 2.45. The van der Waals surface area contributed by atoms with Crippen molar-refractivity contribution in [2.45, 2.75) is 13.8 Å². The standard InChI is InChI=1S/C60H42Si/c1-39-37-56(40(2)36-54(39)60-51-26-13-11-24-49(51)58(50-25-12-14-27-52(50)60)46-31-28-41-16-9-10-17-45(41)38-46)61(47-20-5-3-6-21-47,48-22-7-4-8-23-48)55-35-33-44-30-29-42-18-15-19-43-32-34-53(55)59(44)57(42)43/h3-38H,1-2H3. The SMILES string of the molecule is Cc1cc([Si](c2ccccc2)(c2ccccc2)c2ccc3ccc4cccc5ccc2c3c45)c(C)cc1-c1c2ccccc2c(-c2ccc3ccccc3c2)c2ccccc12. The molecule has 0 aliphatic heterocycles. The number of benzene rings is 12. The van der Waals surface area contributed by atoms with Gasteiger partial charge in [0.15, 0.2) is 8.07 Å². The lowest BCUT2D eigenvalue weighted by atomic mass is 9.84. The van der Waals surface area contributed by atoms with Crippen LogP contribution in [-0.4, -0.2) is 8.07 Å². The van der Waals surface area contributed by atoms with E-state index in [1.54, 1.807) is 0 Å². The molecule has 0 fully saturated rings. The predicted octanol–water partition coefficient (Wildman–Crippen LogP) is 13.4. The quantitative estimate of drug-likeness (QED) is 0.0681. The number of hydrogen-bond acceptors (Lipinski definition) is 0. The first-order chi connectivity index (χ1) is 30.1. The molecule has 1 heteroatoms. The summed E-state index contributed by atoms with van der Waals surface area (Å²) in [7, 11) is -2.97. The molecule has 0 radical (unpaired) electrons. The molecule has 0 saturated carbocycles. The van der Waals surface area contributed by atoms with Gasteiger partial charge in [0.2, 0.25) is 0 Å². The first kappa shape index (κ1) is 35.6. The summed E-state index contributed by atoms with van der Waals surface area (Å²) < 4.78 is 0. The fourth-order valence-corrected chi connectivity index (χ4v) is 16.2. The van der Waals surface area contributed by atoms with Crippen LogP contribution in [0.5, 0.6) is 0 Å². The molecule has 0 N–H and O–H groups in total. The van der Waals surface area contributed by atoms with E-state index in [4.69, 9.17) is 0 Å². The van der Waals surface area contributed by atoms with Crippen molar-refractivity contribution in [2.24, 2.45) is 0 Å². The van der Waals surface area contributed by atoms with Gasteiger partial charge in [-0.25, -0.2) is 0 Å². The topological polar surface area (TPSA) is 0 Å². The van der Waals surface area contributed by atoms with Gasteiger partial charge in [0.25, 0.3) is 0 Å². The first-order valence-electron chi connectivity index (χ1n) is 21.4. The van der Waals surface area contributed by atoms with Crippen LogP contribution in [-0.2, 0) is 0 Å². The van der Waals surface area contributed by atoms with E-state index in [2.05, 4.69) is 232 Å². The van der Waals surface area contributed by atoms with E-state index in [-0.39, 0.29) is 0 Å².